The third kappa shape index (κ3) is 1.99. The molecule has 52 valence electrons. The molecule has 0 atom stereocenters. The standard InChI is InChI=1S/C6H14BNO/c1-8-5-3-4-7(6-8)9-2/h3-6H2,1-2H3. The summed E-state index contributed by atoms with van der Waals surface area (Å²) in [5.41, 5.74) is 0. The lowest BCUT2D eigenvalue weighted by molar-refractivity contribution is 0.316. The highest BCUT2D eigenvalue weighted by atomic mass is 16.4. The summed E-state index contributed by atoms with van der Waals surface area (Å²) in [5.74, 6) is 0. The second-order valence-corrected chi connectivity index (χ2v) is 2.76. The highest BCUT2D eigenvalue weighted by Gasteiger charge is 2.20. The summed E-state index contributed by atoms with van der Waals surface area (Å²) in [5, 5.41) is 0. The maximum atomic E-state index is 5.22. The van der Waals surface area contributed by atoms with Crippen LogP contribution in [0.2, 0.25) is 6.32 Å². The first-order valence-electron chi connectivity index (χ1n) is 3.54. The Kier molecular flexibility index (Phi) is 2.55. The van der Waals surface area contributed by atoms with Crippen molar-refractivity contribution in [2.24, 2.45) is 0 Å². The minimum Gasteiger partial charge on any atom is -0.437 e. The van der Waals surface area contributed by atoms with E-state index in [1.54, 1.807) is 7.11 Å². The predicted octanol–water partition coefficient (Wildman–Crippen LogP) is 0.499. The molecule has 1 fully saturated rings. The molecule has 1 aliphatic heterocycles. The van der Waals surface area contributed by atoms with Crippen LogP contribution >= 0.6 is 0 Å². The number of nitrogens with zero attached hydrogens (tertiary/aromatic N) is 1. The lowest BCUT2D eigenvalue weighted by Gasteiger charge is -2.25. The third-order valence-corrected chi connectivity index (χ3v) is 1.91. The zero-order chi connectivity index (χ0) is 6.69. The van der Waals surface area contributed by atoms with Gasteiger partial charge in [-0.05, 0) is 26.3 Å². The van der Waals surface area contributed by atoms with Gasteiger partial charge in [-0.25, -0.2) is 0 Å². The smallest absolute Gasteiger partial charge is 0.306 e. The van der Waals surface area contributed by atoms with Crippen LogP contribution in [-0.4, -0.2) is 39.0 Å². The molecular weight excluding hydrogens is 113 g/mol. The number of hydrogen-bond donors (Lipinski definition) is 0. The van der Waals surface area contributed by atoms with E-state index >= 15 is 0 Å². The molecule has 0 radical (unpaired) electrons. The fourth-order valence-corrected chi connectivity index (χ4v) is 1.31. The van der Waals surface area contributed by atoms with Gasteiger partial charge in [0.2, 0.25) is 0 Å². The molecule has 0 aromatic heterocycles. The molecule has 0 unspecified atom stereocenters. The van der Waals surface area contributed by atoms with Crippen LogP contribution in [0.5, 0.6) is 0 Å². The van der Waals surface area contributed by atoms with Crippen molar-refractivity contribution in [1.82, 2.24) is 4.90 Å². The highest BCUT2D eigenvalue weighted by Crippen LogP contribution is 2.07. The summed E-state index contributed by atoms with van der Waals surface area (Å²) < 4.78 is 5.22. The molecule has 0 aromatic rings. The Bertz CT molecular complexity index is 89.1. The molecule has 0 N–H and O–H groups in total. The summed E-state index contributed by atoms with van der Waals surface area (Å²) in [6.45, 7) is 1.73. The second-order valence-electron chi connectivity index (χ2n) is 2.76. The summed E-state index contributed by atoms with van der Waals surface area (Å²) in [6, 6.07) is 0. The molecule has 0 aromatic carbocycles. The first-order valence-corrected chi connectivity index (χ1v) is 3.54. The minimum atomic E-state index is 0.490. The van der Waals surface area contributed by atoms with Gasteiger partial charge in [-0.1, -0.05) is 0 Å². The first kappa shape index (κ1) is 7.10. The van der Waals surface area contributed by atoms with Crippen molar-refractivity contribution < 1.29 is 4.65 Å². The van der Waals surface area contributed by atoms with E-state index in [2.05, 4.69) is 11.9 Å². The molecule has 0 amide bonds. The van der Waals surface area contributed by atoms with E-state index in [1.165, 1.54) is 19.3 Å². The van der Waals surface area contributed by atoms with Crippen molar-refractivity contribution in [1.29, 1.82) is 0 Å². The first-order chi connectivity index (χ1) is 4.33. The molecule has 1 rings (SSSR count). The van der Waals surface area contributed by atoms with Crippen LogP contribution in [0.3, 0.4) is 0 Å². The van der Waals surface area contributed by atoms with Gasteiger partial charge in [-0.2, -0.15) is 0 Å². The molecule has 0 aliphatic carbocycles. The molecule has 3 heteroatoms. The Morgan fingerprint density at radius 2 is 2.33 bits per heavy atom. The van der Waals surface area contributed by atoms with Crippen LogP contribution < -0.4 is 0 Å². The van der Waals surface area contributed by atoms with E-state index in [9.17, 15) is 0 Å². The largest absolute Gasteiger partial charge is 0.437 e. The van der Waals surface area contributed by atoms with Gasteiger partial charge in [0.15, 0.2) is 0 Å². The van der Waals surface area contributed by atoms with Crippen LogP contribution in [0, 0.1) is 0 Å². The van der Waals surface area contributed by atoms with Gasteiger partial charge in [0.25, 0.3) is 0 Å². The quantitative estimate of drug-likeness (QED) is 0.475. The maximum Gasteiger partial charge on any atom is 0.306 e. The average Bonchev–Trinajstić information content (AvgIpc) is 1.88. The maximum absolute atomic E-state index is 5.22. The molecule has 0 bridgehead atoms. The molecule has 1 aliphatic rings. The van der Waals surface area contributed by atoms with E-state index in [1.807, 2.05) is 0 Å². The molecule has 0 saturated carbocycles. The van der Waals surface area contributed by atoms with Gasteiger partial charge in [0, 0.05) is 13.6 Å². The van der Waals surface area contributed by atoms with E-state index in [0.29, 0.717) is 6.92 Å². The van der Waals surface area contributed by atoms with Gasteiger partial charge in [-0.3, -0.25) is 0 Å². The zero-order valence-corrected chi connectivity index (χ0v) is 6.26. The average molecular weight is 127 g/mol. The Morgan fingerprint density at radius 3 is 2.78 bits per heavy atom. The molecule has 1 heterocycles. The Hall–Kier alpha value is -0.0151. The van der Waals surface area contributed by atoms with Crippen molar-refractivity contribution in [2.45, 2.75) is 12.7 Å². The summed E-state index contributed by atoms with van der Waals surface area (Å²) in [4.78, 5) is 2.32. The van der Waals surface area contributed by atoms with Crippen molar-refractivity contribution in [3.05, 3.63) is 0 Å². The zero-order valence-electron chi connectivity index (χ0n) is 6.26. The van der Waals surface area contributed by atoms with E-state index in [-0.39, 0.29) is 0 Å². The number of hydrogen-bond acceptors (Lipinski definition) is 2. The molecular formula is C6H14BNO. The minimum absolute atomic E-state index is 0.490. The molecule has 0 spiro atoms. The predicted molar refractivity (Wildman–Crippen MR) is 39.7 cm³/mol. The van der Waals surface area contributed by atoms with Crippen molar-refractivity contribution in [3.8, 4) is 0 Å². The normalized spacial score (nSPS) is 22.7. The topological polar surface area (TPSA) is 12.5 Å². The van der Waals surface area contributed by atoms with Crippen LogP contribution in [-0.2, 0) is 4.65 Å². The van der Waals surface area contributed by atoms with Crippen LogP contribution in [0.4, 0.5) is 0 Å². The SMILES string of the molecule is COB1CCCN(C)C1. The molecule has 2 nitrogen and oxygen atoms in total. The van der Waals surface area contributed by atoms with Gasteiger partial charge in [-0.15, -0.1) is 0 Å². The van der Waals surface area contributed by atoms with Crippen molar-refractivity contribution in [3.63, 3.8) is 0 Å². The summed E-state index contributed by atoms with van der Waals surface area (Å²) in [6.07, 6.45) is 3.63. The lowest BCUT2D eigenvalue weighted by Crippen LogP contribution is -2.39. The fourth-order valence-electron chi connectivity index (χ4n) is 1.31. The van der Waals surface area contributed by atoms with Crippen LogP contribution in [0.1, 0.15) is 6.42 Å². The number of rotatable bonds is 1. The Balaban J connectivity index is 2.23. The van der Waals surface area contributed by atoms with Crippen molar-refractivity contribution >= 4 is 6.92 Å². The van der Waals surface area contributed by atoms with Crippen LogP contribution in [0.15, 0.2) is 0 Å². The third-order valence-electron chi connectivity index (χ3n) is 1.91. The van der Waals surface area contributed by atoms with E-state index in [4.69, 9.17) is 4.65 Å². The van der Waals surface area contributed by atoms with Crippen LogP contribution in [0.25, 0.3) is 0 Å². The Labute approximate surface area is 57.3 Å². The Morgan fingerprint density at radius 1 is 1.56 bits per heavy atom. The fraction of sp³-hybridized carbons (Fsp3) is 1.00. The van der Waals surface area contributed by atoms with E-state index < -0.39 is 0 Å². The summed E-state index contributed by atoms with van der Waals surface area (Å²) >= 11 is 0. The molecule has 9 heavy (non-hydrogen) atoms. The monoisotopic (exact) mass is 127 g/mol. The highest BCUT2D eigenvalue weighted by molar-refractivity contribution is 6.52. The molecule has 1 saturated heterocycles. The van der Waals surface area contributed by atoms with Gasteiger partial charge in [0.1, 0.15) is 0 Å². The van der Waals surface area contributed by atoms with Gasteiger partial charge < -0.3 is 9.55 Å². The van der Waals surface area contributed by atoms with E-state index in [0.717, 1.165) is 6.44 Å². The summed E-state index contributed by atoms with van der Waals surface area (Å²) in [7, 11) is 3.94. The second kappa shape index (κ2) is 3.23. The van der Waals surface area contributed by atoms with Crippen molar-refractivity contribution in [2.75, 3.05) is 27.1 Å². The van der Waals surface area contributed by atoms with Gasteiger partial charge in [0.05, 0.1) is 0 Å². The van der Waals surface area contributed by atoms with Gasteiger partial charge >= 0.3 is 6.92 Å². The lowest BCUT2D eigenvalue weighted by atomic mass is 9.61.